The van der Waals surface area contributed by atoms with Crippen LogP contribution >= 0.6 is 0 Å². The first-order valence-corrected chi connectivity index (χ1v) is 7.44. The molecule has 1 saturated heterocycles. The summed E-state index contributed by atoms with van der Waals surface area (Å²) >= 11 is 0. The quantitative estimate of drug-likeness (QED) is 0.904. The third-order valence-electron chi connectivity index (χ3n) is 3.76. The molecule has 2 unspecified atom stereocenters. The monoisotopic (exact) mass is 292 g/mol. The molecule has 2 atom stereocenters. The summed E-state index contributed by atoms with van der Waals surface area (Å²) in [5.74, 6) is 0. The number of hydrogen-bond acceptors (Lipinski definition) is 5. The van der Waals surface area contributed by atoms with Gasteiger partial charge in [-0.1, -0.05) is 6.07 Å². The molecule has 0 saturated carbocycles. The van der Waals surface area contributed by atoms with E-state index in [4.69, 9.17) is 10.5 Å². The zero-order valence-corrected chi connectivity index (χ0v) is 12.7. The van der Waals surface area contributed by atoms with Crippen LogP contribution in [0.3, 0.4) is 0 Å². The highest BCUT2D eigenvalue weighted by Crippen LogP contribution is 2.24. The molecule has 1 amide bonds. The van der Waals surface area contributed by atoms with Gasteiger partial charge in [0.25, 0.3) is 0 Å². The summed E-state index contributed by atoms with van der Waals surface area (Å²) in [6, 6.07) is 4.12. The molecule has 0 bridgehead atoms. The molecule has 0 radical (unpaired) electrons. The van der Waals surface area contributed by atoms with Crippen LogP contribution in [0.15, 0.2) is 24.5 Å². The third kappa shape index (κ3) is 3.92. The van der Waals surface area contributed by atoms with Crippen molar-refractivity contribution in [1.29, 1.82) is 0 Å². The van der Waals surface area contributed by atoms with Crippen molar-refractivity contribution in [3.05, 3.63) is 30.1 Å². The van der Waals surface area contributed by atoms with Crippen molar-refractivity contribution < 1.29 is 9.53 Å². The second kappa shape index (κ2) is 7.38. The van der Waals surface area contributed by atoms with Gasteiger partial charge in [-0.15, -0.1) is 0 Å². The lowest BCUT2D eigenvalue weighted by Crippen LogP contribution is -2.52. The number of piperazine rings is 1. The van der Waals surface area contributed by atoms with Crippen LogP contribution < -0.4 is 5.73 Å². The van der Waals surface area contributed by atoms with E-state index in [9.17, 15) is 4.79 Å². The molecule has 2 heterocycles. The Labute approximate surface area is 125 Å². The van der Waals surface area contributed by atoms with E-state index in [1.807, 2.05) is 26.1 Å². The topological polar surface area (TPSA) is 71.7 Å². The van der Waals surface area contributed by atoms with E-state index in [2.05, 4.69) is 16.0 Å². The standard InChI is InChI=1S/C15H24N4O2/c1-3-21-15(20)19-9-7-18(8-10-19)14(12(2)16)13-5-4-6-17-11-13/h4-6,11-12,14H,3,7-10,16H2,1-2H3. The summed E-state index contributed by atoms with van der Waals surface area (Å²) in [5.41, 5.74) is 7.29. The van der Waals surface area contributed by atoms with Gasteiger partial charge < -0.3 is 15.4 Å². The van der Waals surface area contributed by atoms with Crippen molar-refractivity contribution in [2.75, 3.05) is 32.8 Å². The molecule has 0 aliphatic carbocycles. The van der Waals surface area contributed by atoms with Crippen molar-refractivity contribution in [3.63, 3.8) is 0 Å². The third-order valence-corrected chi connectivity index (χ3v) is 3.76. The molecule has 1 aliphatic rings. The van der Waals surface area contributed by atoms with Crippen LogP contribution in [-0.2, 0) is 4.74 Å². The normalized spacial score (nSPS) is 19.1. The summed E-state index contributed by atoms with van der Waals surface area (Å²) in [7, 11) is 0. The van der Waals surface area contributed by atoms with E-state index in [1.54, 1.807) is 11.1 Å². The average molecular weight is 292 g/mol. The number of amides is 1. The van der Waals surface area contributed by atoms with Gasteiger partial charge in [0.2, 0.25) is 0 Å². The van der Waals surface area contributed by atoms with E-state index in [0.29, 0.717) is 19.7 Å². The first kappa shape index (κ1) is 15.7. The van der Waals surface area contributed by atoms with Gasteiger partial charge in [0.15, 0.2) is 0 Å². The summed E-state index contributed by atoms with van der Waals surface area (Å²) < 4.78 is 5.04. The Morgan fingerprint density at radius 3 is 2.67 bits per heavy atom. The van der Waals surface area contributed by atoms with Crippen LogP contribution in [0.1, 0.15) is 25.5 Å². The minimum absolute atomic E-state index is 0.00310. The first-order valence-electron chi connectivity index (χ1n) is 7.44. The highest BCUT2D eigenvalue weighted by molar-refractivity contribution is 5.67. The maximum absolute atomic E-state index is 11.7. The number of nitrogens with two attached hydrogens (primary N) is 1. The SMILES string of the molecule is CCOC(=O)N1CCN(C(c2cccnc2)C(C)N)CC1. The highest BCUT2D eigenvalue weighted by atomic mass is 16.6. The summed E-state index contributed by atoms with van der Waals surface area (Å²) in [6.45, 7) is 7.17. The fraction of sp³-hybridized carbons (Fsp3) is 0.600. The van der Waals surface area contributed by atoms with Gasteiger partial charge in [0, 0.05) is 44.6 Å². The lowest BCUT2D eigenvalue weighted by molar-refractivity contribution is 0.0618. The van der Waals surface area contributed by atoms with Gasteiger partial charge in [-0.3, -0.25) is 9.88 Å². The lowest BCUT2D eigenvalue weighted by atomic mass is 10.00. The zero-order chi connectivity index (χ0) is 15.2. The molecule has 21 heavy (non-hydrogen) atoms. The van der Waals surface area contributed by atoms with Gasteiger partial charge in [-0.25, -0.2) is 4.79 Å². The summed E-state index contributed by atoms with van der Waals surface area (Å²) in [5, 5.41) is 0. The Bertz CT molecular complexity index is 444. The number of pyridine rings is 1. The summed E-state index contributed by atoms with van der Waals surface area (Å²) in [6.07, 6.45) is 3.41. The molecular formula is C15H24N4O2. The van der Waals surface area contributed by atoms with E-state index in [1.165, 1.54) is 0 Å². The minimum atomic E-state index is -0.226. The molecular weight excluding hydrogens is 268 g/mol. The Hall–Kier alpha value is -1.66. The number of rotatable bonds is 4. The largest absolute Gasteiger partial charge is 0.450 e. The van der Waals surface area contributed by atoms with Crippen LogP contribution in [0, 0.1) is 0 Å². The van der Waals surface area contributed by atoms with Crippen LogP contribution in [0.5, 0.6) is 0 Å². The lowest BCUT2D eigenvalue weighted by Gasteiger charge is -2.40. The fourth-order valence-corrected chi connectivity index (χ4v) is 2.80. The van der Waals surface area contributed by atoms with Gasteiger partial charge in [-0.2, -0.15) is 0 Å². The van der Waals surface area contributed by atoms with E-state index >= 15 is 0 Å². The number of hydrogen-bond donors (Lipinski definition) is 1. The van der Waals surface area contributed by atoms with Crippen molar-refractivity contribution in [2.45, 2.75) is 25.9 Å². The molecule has 6 nitrogen and oxygen atoms in total. The molecule has 6 heteroatoms. The maximum Gasteiger partial charge on any atom is 0.409 e. The van der Waals surface area contributed by atoms with E-state index in [0.717, 1.165) is 18.7 Å². The smallest absolute Gasteiger partial charge is 0.409 e. The van der Waals surface area contributed by atoms with Crippen LogP contribution in [0.25, 0.3) is 0 Å². The molecule has 1 aliphatic heterocycles. The fourth-order valence-electron chi connectivity index (χ4n) is 2.80. The maximum atomic E-state index is 11.7. The molecule has 1 fully saturated rings. The Morgan fingerprint density at radius 1 is 1.43 bits per heavy atom. The zero-order valence-electron chi connectivity index (χ0n) is 12.7. The van der Waals surface area contributed by atoms with Crippen molar-refractivity contribution in [3.8, 4) is 0 Å². The van der Waals surface area contributed by atoms with Crippen molar-refractivity contribution >= 4 is 6.09 Å². The molecule has 1 aromatic rings. The summed E-state index contributed by atoms with van der Waals surface area (Å²) in [4.78, 5) is 20.0. The first-order chi connectivity index (χ1) is 10.1. The van der Waals surface area contributed by atoms with Gasteiger partial charge in [0.1, 0.15) is 0 Å². The predicted octanol–water partition coefficient (Wildman–Crippen LogP) is 1.24. The van der Waals surface area contributed by atoms with Crippen LogP contribution in [-0.4, -0.2) is 59.7 Å². The van der Waals surface area contributed by atoms with Crippen LogP contribution in [0.2, 0.25) is 0 Å². The second-order valence-electron chi connectivity index (χ2n) is 5.31. The number of nitrogens with zero attached hydrogens (tertiary/aromatic N) is 3. The van der Waals surface area contributed by atoms with Crippen molar-refractivity contribution in [1.82, 2.24) is 14.8 Å². The van der Waals surface area contributed by atoms with Gasteiger partial charge >= 0.3 is 6.09 Å². The number of carbonyl (C=O) groups excluding carboxylic acids is 1. The predicted molar refractivity (Wildman–Crippen MR) is 80.8 cm³/mol. The van der Waals surface area contributed by atoms with E-state index in [-0.39, 0.29) is 18.2 Å². The van der Waals surface area contributed by atoms with Gasteiger partial charge in [-0.05, 0) is 25.5 Å². The molecule has 1 aromatic heterocycles. The molecule has 0 spiro atoms. The highest BCUT2D eigenvalue weighted by Gasteiger charge is 2.29. The molecule has 116 valence electrons. The van der Waals surface area contributed by atoms with E-state index < -0.39 is 0 Å². The van der Waals surface area contributed by atoms with Crippen LogP contribution in [0.4, 0.5) is 4.79 Å². The number of aromatic nitrogens is 1. The molecule has 0 aromatic carbocycles. The Morgan fingerprint density at radius 2 is 2.14 bits per heavy atom. The molecule has 2 N–H and O–H groups in total. The van der Waals surface area contributed by atoms with Crippen molar-refractivity contribution in [2.24, 2.45) is 5.73 Å². The number of carbonyl (C=O) groups is 1. The number of ether oxygens (including phenoxy) is 1. The molecule has 2 rings (SSSR count). The van der Waals surface area contributed by atoms with Gasteiger partial charge in [0.05, 0.1) is 12.6 Å². The minimum Gasteiger partial charge on any atom is -0.450 e. The average Bonchev–Trinajstić information content (AvgIpc) is 2.49. The second-order valence-corrected chi connectivity index (χ2v) is 5.31. The Kier molecular flexibility index (Phi) is 5.52. The Balaban J connectivity index is 2.00.